The first-order valence-corrected chi connectivity index (χ1v) is 15.1. The maximum absolute atomic E-state index is 9.07. The van der Waals surface area contributed by atoms with Crippen molar-refractivity contribution in [2.45, 2.75) is 0 Å². The van der Waals surface area contributed by atoms with E-state index in [1.807, 2.05) is 0 Å². The van der Waals surface area contributed by atoms with Gasteiger partial charge in [0.25, 0.3) is 0 Å². The zero-order valence-corrected chi connectivity index (χ0v) is 24.5. The van der Waals surface area contributed by atoms with Gasteiger partial charge in [0.15, 0.2) is 0 Å². The Hall–Kier alpha value is -1.46. The van der Waals surface area contributed by atoms with Crippen molar-refractivity contribution in [1.82, 2.24) is 0 Å². The third-order valence-corrected chi connectivity index (χ3v) is 9.62. The maximum atomic E-state index is 9.07. The number of carbonyl (C=O) groups excluding carboxylic acids is 1. The topological polar surface area (TPSA) is 17.1 Å². The van der Waals surface area contributed by atoms with Gasteiger partial charge in [0.05, 0.1) is 50.4 Å². The molecule has 0 spiro atoms. The Bertz CT molecular complexity index is 873. The average Bonchev–Trinajstić information content (AvgIpc) is 2.85. The van der Waals surface area contributed by atoms with Crippen molar-refractivity contribution >= 4 is 66.8 Å². The van der Waals surface area contributed by atoms with Crippen LogP contribution in [0.4, 0.5) is 4.79 Å². The minimum absolute atomic E-state index is 0. The van der Waals surface area contributed by atoms with E-state index in [1.165, 1.54) is 21.2 Å². The summed E-state index contributed by atoms with van der Waals surface area (Å²) in [7, 11) is -1.09. The van der Waals surface area contributed by atoms with Crippen molar-refractivity contribution in [3.8, 4) is 0 Å². The summed E-state index contributed by atoms with van der Waals surface area (Å²) < 4.78 is -0.667. The third kappa shape index (κ3) is 11.5. The van der Waals surface area contributed by atoms with E-state index in [2.05, 4.69) is 160 Å². The number of rotatable bonds is 4. The normalized spacial score (nSPS) is 9.58. The molecule has 1 nitrogen and oxygen atoms in total. The van der Waals surface area contributed by atoms with Crippen molar-refractivity contribution in [2.24, 2.45) is 0 Å². The molecule has 0 aromatic heterocycles. The summed E-state index contributed by atoms with van der Waals surface area (Å²) in [4.78, 5) is 9.07. The second-order valence-electron chi connectivity index (χ2n) is 6.96. The van der Waals surface area contributed by atoms with Crippen molar-refractivity contribution in [1.29, 1.82) is 0 Å². The van der Waals surface area contributed by atoms with Crippen LogP contribution in [0.1, 0.15) is 0 Å². The summed E-state index contributed by atoms with van der Waals surface area (Å²) in [5.41, 5.74) is 0. The molecule has 0 aliphatic carbocycles. The molecule has 0 aliphatic rings. The van der Waals surface area contributed by atoms with Crippen molar-refractivity contribution < 1.29 is 25.9 Å². The van der Waals surface area contributed by atoms with Crippen molar-refractivity contribution in [3.63, 3.8) is 0 Å². The van der Waals surface area contributed by atoms with Gasteiger partial charge < -0.3 is 30.1 Å². The van der Waals surface area contributed by atoms with Gasteiger partial charge in [-0.2, -0.15) is 0 Å². The van der Waals surface area contributed by atoms with Gasteiger partial charge in [-0.3, -0.25) is 0 Å². The Balaban J connectivity index is 0.000000278. The number of benzene rings is 4. The van der Waals surface area contributed by atoms with E-state index < -0.39 is 20.3 Å². The van der Waals surface area contributed by atoms with Crippen LogP contribution in [0.25, 0.3) is 0 Å². The van der Waals surface area contributed by atoms with Crippen LogP contribution in [0.3, 0.4) is 0 Å². The van der Waals surface area contributed by atoms with E-state index >= 15 is 0 Å². The second-order valence-corrected chi connectivity index (χ2v) is 12.8. The van der Waals surface area contributed by atoms with E-state index in [-0.39, 0.29) is 21.1 Å². The molecule has 33 heavy (non-hydrogen) atoms. The summed E-state index contributed by atoms with van der Waals surface area (Å²) in [6, 6.07) is 43.0. The zero-order chi connectivity index (χ0) is 23.2. The SMILES string of the molecule is C[PH+](c1ccccc1)c1ccccc1.C[PH+](c1ccccc1)c1ccccc1.O=C([S-])[S-].[Pt+2]. The number of hydrogen-bond donors (Lipinski definition) is 0. The van der Waals surface area contributed by atoms with Crippen LogP contribution in [0.5, 0.6) is 0 Å². The molecular weight excluding hydrogens is 661 g/mol. The van der Waals surface area contributed by atoms with Gasteiger partial charge in [0.1, 0.15) is 0 Å². The summed E-state index contributed by atoms with van der Waals surface area (Å²) >= 11 is 7.59. The van der Waals surface area contributed by atoms with Gasteiger partial charge in [-0.05, 0) is 48.5 Å². The predicted molar refractivity (Wildman–Crippen MR) is 153 cm³/mol. The molecule has 0 N–H and O–H groups in total. The molecule has 4 aromatic rings. The third-order valence-electron chi connectivity index (χ3n) is 4.83. The largest absolute Gasteiger partial charge is 2.00 e. The minimum Gasteiger partial charge on any atom is -0.767 e. The summed E-state index contributed by atoms with van der Waals surface area (Å²) in [6.07, 6.45) is 0. The number of carbonyl (C=O) groups is 1. The maximum Gasteiger partial charge on any atom is 2.00 e. The van der Waals surface area contributed by atoms with Crippen LogP contribution in [-0.2, 0) is 46.3 Å². The molecule has 0 bridgehead atoms. The van der Waals surface area contributed by atoms with Crippen molar-refractivity contribution in [2.75, 3.05) is 13.3 Å². The average molecular weight is 690 g/mol. The number of hydrogen-bond acceptors (Lipinski definition) is 3. The van der Waals surface area contributed by atoms with Crippen LogP contribution in [0, 0.1) is 0 Å². The second kappa shape index (κ2) is 17.0. The molecule has 0 unspecified atom stereocenters. The quantitative estimate of drug-likeness (QED) is 0.218. The Morgan fingerprint density at radius 1 is 0.485 bits per heavy atom. The van der Waals surface area contributed by atoms with Crippen molar-refractivity contribution in [3.05, 3.63) is 121 Å². The summed E-state index contributed by atoms with van der Waals surface area (Å²) in [5.74, 6) is 0. The van der Waals surface area contributed by atoms with E-state index in [4.69, 9.17) is 4.79 Å². The van der Waals surface area contributed by atoms with Gasteiger partial charge >= 0.3 is 21.1 Å². The molecule has 0 saturated heterocycles. The molecule has 0 saturated carbocycles. The van der Waals surface area contributed by atoms with Gasteiger partial charge in [-0.1, -0.05) is 72.8 Å². The first-order chi connectivity index (χ1) is 15.5. The molecule has 0 radical (unpaired) electrons. The van der Waals surface area contributed by atoms with Crippen LogP contribution in [0.2, 0.25) is 0 Å². The Kier molecular flexibility index (Phi) is 15.3. The smallest absolute Gasteiger partial charge is 0.767 e. The van der Waals surface area contributed by atoms with Gasteiger partial charge in [-0.15, -0.1) is 4.45 Å². The molecule has 0 aliphatic heterocycles. The van der Waals surface area contributed by atoms with Gasteiger partial charge in [0.2, 0.25) is 0 Å². The summed E-state index contributed by atoms with van der Waals surface area (Å²) in [6.45, 7) is 4.69. The molecule has 0 fully saturated rings. The standard InChI is InChI=1S/2C13H13P.CH2OS2.Pt/c2*1-14(12-8-4-2-5-9-12)13-10-6-3-7-11-13;2-1(3)4;/h2*2-11H,1H3;(H2,2,3,4);/q;;;+2. The fraction of sp³-hybridized carbons (Fsp3) is 0.0741. The summed E-state index contributed by atoms with van der Waals surface area (Å²) in [5, 5.41) is 5.90. The molecule has 6 heteroatoms. The van der Waals surface area contributed by atoms with Crippen LogP contribution < -0.4 is 21.2 Å². The first-order valence-electron chi connectivity index (χ1n) is 10.3. The molecular formula is C27H28OP2PtS2+2. The van der Waals surface area contributed by atoms with E-state index in [0.717, 1.165) is 0 Å². The predicted octanol–water partition coefficient (Wildman–Crippen LogP) is 5.16. The monoisotopic (exact) mass is 689 g/mol. The Morgan fingerprint density at radius 2 is 0.636 bits per heavy atom. The van der Waals surface area contributed by atoms with Gasteiger partial charge in [0, 0.05) is 0 Å². The molecule has 4 rings (SSSR count). The Morgan fingerprint density at radius 3 is 0.788 bits per heavy atom. The molecule has 0 heterocycles. The first kappa shape index (κ1) is 29.6. The fourth-order valence-electron chi connectivity index (χ4n) is 3.09. The van der Waals surface area contributed by atoms with E-state index in [0.29, 0.717) is 0 Å². The minimum atomic E-state index is -0.667. The molecule has 0 amide bonds. The molecule has 0 atom stereocenters. The van der Waals surface area contributed by atoms with Gasteiger partial charge in [-0.25, -0.2) is 0 Å². The fourth-order valence-corrected chi connectivity index (χ4v) is 6.52. The van der Waals surface area contributed by atoms with E-state index in [9.17, 15) is 0 Å². The van der Waals surface area contributed by atoms with Crippen LogP contribution in [0.15, 0.2) is 121 Å². The molecule has 172 valence electrons. The molecule has 4 aromatic carbocycles. The zero-order valence-electron chi connectivity index (χ0n) is 18.6. The van der Waals surface area contributed by atoms with Crippen LogP contribution >= 0.6 is 15.8 Å². The Labute approximate surface area is 226 Å². The van der Waals surface area contributed by atoms with E-state index in [1.54, 1.807) is 0 Å². The van der Waals surface area contributed by atoms with Crippen LogP contribution in [-0.4, -0.2) is 17.8 Å².